The van der Waals surface area contributed by atoms with E-state index < -0.39 is 0 Å². The molecule has 7 nitrogen and oxygen atoms in total. The number of carbonyl (C=O) groups is 2. The molecule has 1 aliphatic heterocycles. The summed E-state index contributed by atoms with van der Waals surface area (Å²) in [5.41, 5.74) is 8.56. The topological polar surface area (TPSA) is 92.7 Å². The molecule has 7 rings (SSSR count). The third-order valence-corrected chi connectivity index (χ3v) is 8.97. The number of aryl methyl sites for hydroxylation is 1. The summed E-state index contributed by atoms with van der Waals surface area (Å²) < 4.78 is 1.88. The quantitative estimate of drug-likeness (QED) is 0.688. The van der Waals surface area contributed by atoms with Crippen LogP contribution >= 0.6 is 0 Å². The van der Waals surface area contributed by atoms with Gasteiger partial charge in [-0.3, -0.25) is 14.0 Å². The highest BCUT2D eigenvalue weighted by molar-refractivity contribution is 5.93. The largest absolute Gasteiger partial charge is 0.350 e. The molecule has 5 fully saturated rings. The second kappa shape index (κ2) is 8.67. The van der Waals surface area contributed by atoms with Crippen molar-refractivity contribution < 1.29 is 9.59 Å². The van der Waals surface area contributed by atoms with Gasteiger partial charge in [0.05, 0.1) is 5.69 Å². The maximum Gasteiger partial charge on any atom is 0.268 e. The molecule has 4 saturated carbocycles. The van der Waals surface area contributed by atoms with Crippen molar-refractivity contribution in [3.63, 3.8) is 0 Å². The second-order valence-corrected chi connectivity index (χ2v) is 11.7. The fraction of sp³-hybridized carbons (Fsp3) is 0.667. The molecule has 3 N–H and O–H groups in total. The smallest absolute Gasteiger partial charge is 0.268 e. The number of fused-ring (bicyclic) bond motifs is 1. The number of nitrogens with zero attached hydrogens (tertiary/aromatic N) is 3. The summed E-state index contributed by atoms with van der Waals surface area (Å²) in [7, 11) is 0. The first kappa shape index (κ1) is 22.1. The van der Waals surface area contributed by atoms with Crippen LogP contribution in [0.3, 0.4) is 0 Å². The lowest BCUT2D eigenvalue weighted by atomic mass is 9.49. The number of nitrogens with two attached hydrogens (primary N) is 1. The molecular formula is C27H37N5O2. The van der Waals surface area contributed by atoms with Gasteiger partial charge in [-0.2, -0.15) is 0 Å². The van der Waals surface area contributed by atoms with E-state index in [1.807, 2.05) is 33.7 Å². The van der Waals surface area contributed by atoms with Crippen LogP contribution in [-0.4, -0.2) is 51.8 Å². The van der Waals surface area contributed by atoms with Crippen molar-refractivity contribution in [3.8, 4) is 0 Å². The van der Waals surface area contributed by atoms with Crippen LogP contribution in [0.25, 0.3) is 5.65 Å². The molecule has 2 aromatic heterocycles. The van der Waals surface area contributed by atoms with Crippen LogP contribution in [0.15, 0.2) is 24.4 Å². The van der Waals surface area contributed by atoms with E-state index in [4.69, 9.17) is 5.73 Å². The first-order valence-electron chi connectivity index (χ1n) is 13.2. The molecule has 0 radical (unpaired) electrons. The molecule has 2 amide bonds. The second-order valence-electron chi connectivity index (χ2n) is 11.7. The van der Waals surface area contributed by atoms with E-state index >= 15 is 0 Å². The first-order valence-corrected chi connectivity index (χ1v) is 13.2. The minimum absolute atomic E-state index is 0.0244. The number of pyridine rings is 1. The Kier molecular flexibility index (Phi) is 5.63. The van der Waals surface area contributed by atoms with Gasteiger partial charge in [-0.1, -0.05) is 6.07 Å². The monoisotopic (exact) mass is 463 g/mol. The Morgan fingerprint density at radius 1 is 1.12 bits per heavy atom. The number of imidazole rings is 1. The van der Waals surface area contributed by atoms with Crippen molar-refractivity contribution in [1.29, 1.82) is 0 Å². The Labute approximate surface area is 201 Å². The van der Waals surface area contributed by atoms with Gasteiger partial charge in [-0.05, 0) is 93.1 Å². The van der Waals surface area contributed by atoms with Gasteiger partial charge in [0.1, 0.15) is 11.3 Å². The number of hydrogen-bond donors (Lipinski definition) is 2. The third-order valence-electron chi connectivity index (χ3n) is 8.97. The van der Waals surface area contributed by atoms with Gasteiger partial charge < -0.3 is 16.0 Å². The number of amides is 2. The van der Waals surface area contributed by atoms with E-state index in [-0.39, 0.29) is 17.9 Å². The number of piperidine rings is 1. The molecule has 4 aliphatic carbocycles. The average Bonchev–Trinajstić information content (AvgIpc) is 3.23. The predicted octanol–water partition coefficient (Wildman–Crippen LogP) is 3.16. The van der Waals surface area contributed by atoms with Crippen molar-refractivity contribution >= 4 is 17.5 Å². The van der Waals surface area contributed by atoms with Crippen LogP contribution < -0.4 is 11.1 Å². The lowest BCUT2D eigenvalue weighted by molar-refractivity contribution is -0.132. The average molecular weight is 464 g/mol. The zero-order valence-corrected chi connectivity index (χ0v) is 20.0. The molecule has 1 unspecified atom stereocenters. The molecule has 2 aromatic rings. The summed E-state index contributed by atoms with van der Waals surface area (Å²) in [5, 5.41) is 3.29. The molecule has 5 aliphatic rings. The summed E-state index contributed by atoms with van der Waals surface area (Å²) in [6, 6.07) is 5.78. The molecule has 7 heteroatoms. The van der Waals surface area contributed by atoms with Crippen LogP contribution in [0.1, 0.15) is 74.0 Å². The molecule has 4 bridgehead atoms. The van der Waals surface area contributed by atoms with Crippen molar-refractivity contribution in [2.75, 3.05) is 19.6 Å². The van der Waals surface area contributed by atoms with Crippen molar-refractivity contribution in [2.45, 2.75) is 70.3 Å². The van der Waals surface area contributed by atoms with E-state index in [1.54, 1.807) is 0 Å². The highest BCUT2D eigenvalue weighted by atomic mass is 16.2. The molecule has 1 atom stereocenters. The summed E-state index contributed by atoms with van der Waals surface area (Å²) >= 11 is 0. The minimum Gasteiger partial charge on any atom is -0.350 e. The molecule has 0 spiro atoms. The van der Waals surface area contributed by atoms with E-state index in [0.717, 1.165) is 55.0 Å². The van der Waals surface area contributed by atoms with Crippen molar-refractivity contribution in [3.05, 3.63) is 35.8 Å². The zero-order valence-electron chi connectivity index (χ0n) is 20.0. The molecule has 1 saturated heterocycles. The highest BCUT2D eigenvalue weighted by Crippen LogP contribution is 2.59. The Bertz CT molecular complexity index is 1060. The van der Waals surface area contributed by atoms with E-state index in [2.05, 4.69) is 10.3 Å². The number of rotatable bonds is 6. The highest BCUT2D eigenvalue weighted by Gasteiger charge is 2.50. The first-order chi connectivity index (χ1) is 16.5. The minimum atomic E-state index is -0.0244. The van der Waals surface area contributed by atoms with Gasteiger partial charge >= 0.3 is 0 Å². The van der Waals surface area contributed by atoms with Crippen LogP contribution in [0.5, 0.6) is 0 Å². The normalized spacial score (nSPS) is 32.3. The SMILES string of the molecule is NC1CCCN(C(=O)CCc2cn3c(C(=O)NCC45CC6CC(CC(C6)C4)C5)cccc3n2)C1. The predicted molar refractivity (Wildman–Crippen MR) is 130 cm³/mol. The molecule has 3 heterocycles. The van der Waals surface area contributed by atoms with Crippen LogP contribution in [0.2, 0.25) is 0 Å². The maximum atomic E-state index is 13.2. The summed E-state index contributed by atoms with van der Waals surface area (Å²) in [6.45, 7) is 2.24. The fourth-order valence-corrected chi connectivity index (χ4v) is 7.86. The third kappa shape index (κ3) is 4.23. The summed E-state index contributed by atoms with van der Waals surface area (Å²) in [6.07, 6.45) is 13.0. The van der Waals surface area contributed by atoms with Gasteiger partial charge in [0.25, 0.3) is 5.91 Å². The maximum absolute atomic E-state index is 13.2. The lowest BCUT2D eigenvalue weighted by Gasteiger charge is -2.56. The number of likely N-dealkylation sites (tertiary alicyclic amines) is 1. The molecule has 0 aromatic carbocycles. The van der Waals surface area contributed by atoms with Crippen LogP contribution in [0, 0.1) is 23.2 Å². The Morgan fingerprint density at radius 3 is 2.56 bits per heavy atom. The standard InChI is InChI=1S/C27H37N5O2/c28-21-3-2-8-31(15-21)25(33)7-6-22-16-32-23(4-1-5-24(32)30-22)26(34)29-17-27-12-18-9-19(13-27)11-20(10-18)14-27/h1,4-5,16,18-21H,2-3,6-15,17,28H2,(H,29,34). The van der Waals surface area contributed by atoms with Gasteiger partial charge in [0.15, 0.2) is 0 Å². The van der Waals surface area contributed by atoms with Crippen LogP contribution in [-0.2, 0) is 11.2 Å². The summed E-state index contributed by atoms with van der Waals surface area (Å²) in [4.78, 5) is 32.4. The van der Waals surface area contributed by atoms with Gasteiger partial charge in [0, 0.05) is 38.3 Å². The Hall–Kier alpha value is -2.41. The van der Waals surface area contributed by atoms with Gasteiger partial charge in [-0.25, -0.2) is 4.98 Å². The summed E-state index contributed by atoms with van der Waals surface area (Å²) in [5.74, 6) is 2.76. The van der Waals surface area contributed by atoms with Gasteiger partial charge in [0.2, 0.25) is 5.91 Å². The van der Waals surface area contributed by atoms with E-state index in [0.29, 0.717) is 30.5 Å². The van der Waals surface area contributed by atoms with E-state index in [1.165, 1.54) is 38.5 Å². The Morgan fingerprint density at radius 2 is 1.85 bits per heavy atom. The van der Waals surface area contributed by atoms with Crippen LogP contribution in [0.4, 0.5) is 0 Å². The van der Waals surface area contributed by atoms with Crippen molar-refractivity contribution in [2.24, 2.45) is 28.9 Å². The zero-order chi connectivity index (χ0) is 23.3. The number of nitrogens with one attached hydrogen (secondary N) is 1. The number of hydrogen-bond acceptors (Lipinski definition) is 4. The molecular weight excluding hydrogens is 426 g/mol. The fourth-order valence-electron chi connectivity index (χ4n) is 7.86. The molecule has 182 valence electrons. The lowest BCUT2D eigenvalue weighted by Crippen LogP contribution is -2.51. The molecule has 34 heavy (non-hydrogen) atoms. The Balaban J connectivity index is 1.11. The number of aromatic nitrogens is 2. The van der Waals surface area contributed by atoms with Crippen molar-refractivity contribution in [1.82, 2.24) is 19.6 Å². The number of carbonyl (C=O) groups excluding carboxylic acids is 2. The van der Waals surface area contributed by atoms with Gasteiger partial charge in [-0.15, -0.1) is 0 Å². The van der Waals surface area contributed by atoms with E-state index in [9.17, 15) is 9.59 Å².